The summed E-state index contributed by atoms with van der Waals surface area (Å²) in [4.78, 5) is 7.42. The standard InChI is InChI=1S/C21H34N4O/c1-4-22-20(25-12-10-21(15-25)11-13-26-16-21)23-14-19(17(2)3)24-18-8-6-5-7-9-18/h5-9,17,19,24H,4,10-16H2,1-3H3,(H,22,23). The molecule has 144 valence electrons. The second-order valence-electron chi connectivity index (χ2n) is 8.03. The van der Waals surface area contributed by atoms with Crippen LogP contribution in [0.5, 0.6) is 0 Å². The molecule has 0 bridgehead atoms. The SMILES string of the molecule is CCNC(=NCC(Nc1ccccc1)C(C)C)N1CCC2(CCOC2)C1. The zero-order valence-corrected chi connectivity index (χ0v) is 16.5. The number of nitrogens with one attached hydrogen (secondary N) is 2. The van der Waals surface area contributed by atoms with Crippen LogP contribution in [0.15, 0.2) is 35.3 Å². The van der Waals surface area contributed by atoms with Gasteiger partial charge in [-0.3, -0.25) is 4.99 Å². The summed E-state index contributed by atoms with van der Waals surface area (Å²) in [6.45, 7) is 12.3. The molecular weight excluding hydrogens is 324 g/mol. The van der Waals surface area contributed by atoms with Gasteiger partial charge in [-0.05, 0) is 37.8 Å². The highest BCUT2D eigenvalue weighted by Gasteiger charge is 2.42. The van der Waals surface area contributed by atoms with E-state index in [4.69, 9.17) is 9.73 Å². The van der Waals surface area contributed by atoms with Gasteiger partial charge in [0.05, 0.1) is 13.2 Å². The van der Waals surface area contributed by atoms with Crippen molar-refractivity contribution < 1.29 is 4.74 Å². The summed E-state index contributed by atoms with van der Waals surface area (Å²) < 4.78 is 5.67. The maximum absolute atomic E-state index is 5.67. The lowest BCUT2D eigenvalue weighted by Crippen LogP contribution is -2.42. The van der Waals surface area contributed by atoms with E-state index in [1.165, 1.54) is 12.8 Å². The number of rotatable bonds is 6. The normalized spacial score (nSPS) is 24.5. The molecule has 26 heavy (non-hydrogen) atoms. The summed E-state index contributed by atoms with van der Waals surface area (Å²) in [5.74, 6) is 1.56. The first-order valence-corrected chi connectivity index (χ1v) is 10.0. The molecule has 2 aliphatic heterocycles. The number of hydrogen-bond acceptors (Lipinski definition) is 3. The molecule has 2 N–H and O–H groups in total. The van der Waals surface area contributed by atoms with Crippen molar-refractivity contribution >= 4 is 11.6 Å². The highest BCUT2D eigenvalue weighted by molar-refractivity contribution is 5.80. The topological polar surface area (TPSA) is 48.9 Å². The van der Waals surface area contributed by atoms with Crippen molar-refractivity contribution in [2.24, 2.45) is 16.3 Å². The monoisotopic (exact) mass is 358 g/mol. The van der Waals surface area contributed by atoms with E-state index < -0.39 is 0 Å². The number of guanidine groups is 1. The molecule has 2 fully saturated rings. The minimum Gasteiger partial charge on any atom is -0.381 e. The molecule has 0 saturated carbocycles. The van der Waals surface area contributed by atoms with E-state index in [9.17, 15) is 0 Å². The Bertz CT molecular complexity index is 581. The van der Waals surface area contributed by atoms with Gasteiger partial charge in [0.15, 0.2) is 5.96 Å². The van der Waals surface area contributed by atoms with Gasteiger partial charge in [-0.25, -0.2) is 0 Å². The molecule has 1 spiro atoms. The average molecular weight is 359 g/mol. The molecule has 2 saturated heterocycles. The first-order valence-electron chi connectivity index (χ1n) is 10.0. The maximum atomic E-state index is 5.67. The Kier molecular flexibility index (Phi) is 6.41. The fraction of sp³-hybridized carbons (Fsp3) is 0.667. The number of anilines is 1. The average Bonchev–Trinajstić information content (AvgIpc) is 3.28. The Morgan fingerprint density at radius 3 is 2.73 bits per heavy atom. The molecule has 0 amide bonds. The molecule has 0 radical (unpaired) electrons. The summed E-state index contributed by atoms with van der Waals surface area (Å²) in [6.07, 6.45) is 2.40. The van der Waals surface area contributed by atoms with E-state index in [1.807, 2.05) is 6.07 Å². The van der Waals surface area contributed by atoms with Crippen molar-refractivity contribution in [2.45, 2.75) is 39.7 Å². The van der Waals surface area contributed by atoms with Gasteiger partial charge in [-0.1, -0.05) is 32.0 Å². The first-order chi connectivity index (χ1) is 12.6. The molecule has 5 heteroatoms. The van der Waals surface area contributed by atoms with Crippen LogP contribution < -0.4 is 10.6 Å². The minimum atomic E-state index is 0.317. The summed E-state index contributed by atoms with van der Waals surface area (Å²) in [7, 11) is 0. The Balaban J connectivity index is 1.65. The maximum Gasteiger partial charge on any atom is 0.194 e. The van der Waals surface area contributed by atoms with E-state index in [1.54, 1.807) is 0 Å². The van der Waals surface area contributed by atoms with E-state index in [-0.39, 0.29) is 0 Å². The van der Waals surface area contributed by atoms with E-state index in [0.29, 0.717) is 17.4 Å². The molecule has 2 aliphatic rings. The molecule has 0 aromatic heterocycles. The fourth-order valence-corrected chi connectivity index (χ4v) is 3.87. The number of nitrogens with zero attached hydrogens (tertiary/aromatic N) is 2. The Morgan fingerprint density at radius 2 is 2.08 bits per heavy atom. The molecule has 1 aromatic rings. The van der Waals surface area contributed by atoms with Crippen molar-refractivity contribution in [2.75, 3.05) is 44.7 Å². The van der Waals surface area contributed by atoms with Gasteiger partial charge in [0.1, 0.15) is 0 Å². The minimum absolute atomic E-state index is 0.317. The van der Waals surface area contributed by atoms with Gasteiger partial charge < -0.3 is 20.3 Å². The molecule has 5 nitrogen and oxygen atoms in total. The van der Waals surface area contributed by atoms with Crippen LogP contribution in [0.4, 0.5) is 5.69 Å². The first kappa shape index (κ1) is 19.0. The van der Waals surface area contributed by atoms with Crippen molar-refractivity contribution in [3.8, 4) is 0 Å². The largest absolute Gasteiger partial charge is 0.381 e. The number of aliphatic imine (C=N–C) groups is 1. The number of ether oxygens (including phenoxy) is 1. The molecule has 1 aromatic carbocycles. The van der Waals surface area contributed by atoms with Crippen LogP contribution in [0, 0.1) is 11.3 Å². The third kappa shape index (κ3) is 4.70. The van der Waals surface area contributed by atoms with Crippen LogP contribution in [0.3, 0.4) is 0 Å². The molecule has 2 atom stereocenters. The van der Waals surface area contributed by atoms with Gasteiger partial charge >= 0.3 is 0 Å². The van der Waals surface area contributed by atoms with E-state index >= 15 is 0 Å². The van der Waals surface area contributed by atoms with Crippen LogP contribution in [-0.2, 0) is 4.74 Å². The lowest BCUT2D eigenvalue weighted by molar-refractivity contribution is 0.156. The molecule has 3 rings (SSSR count). The highest BCUT2D eigenvalue weighted by atomic mass is 16.5. The van der Waals surface area contributed by atoms with Crippen molar-refractivity contribution in [3.05, 3.63) is 30.3 Å². The van der Waals surface area contributed by atoms with Crippen LogP contribution >= 0.6 is 0 Å². The number of hydrogen-bond donors (Lipinski definition) is 2. The second-order valence-corrected chi connectivity index (χ2v) is 8.03. The van der Waals surface area contributed by atoms with Crippen LogP contribution in [0.1, 0.15) is 33.6 Å². The van der Waals surface area contributed by atoms with E-state index in [0.717, 1.165) is 51.0 Å². The van der Waals surface area contributed by atoms with Gasteiger partial charge in [-0.15, -0.1) is 0 Å². The van der Waals surface area contributed by atoms with Crippen molar-refractivity contribution in [1.82, 2.24) is 10.2 Å². The summed E-state index contributed by atoms with van der Waals surface area (Å²) in [5.41, 5.74) is 1.52. The molecule has 2 heterocycles. The Labute approximate surface area is 158 Å². The molecule has 0 aliphatic carbocycles. The third-order valence-electron chi connectivity index (χ3n) is 5.63. The van der Waals surface area contributed by atoms with Crippen LogP contribution in [0.25, 0.3) is 0 Å². The quantitative estimate of drug-likeness (QED) is 0.606. The Morgan fingerprint density at radius 1 is 1.27 bits per heavy atom. The molecular formula is C21H34N4O. The van der Waals surface area contributed by atoms with Crippen LogP contribution in [-0.4, -0.2) is 56.3 Å². The second kappa shape index (κ2) is 8.76. The predicted octanol–water partition coefficient (Wildman–Crippen LogP) is 3.20. The highest BCUT2D eigenvalue weighted by Crippen LogP contribution is 2.38. The number of benzene rings is 1. The lowest BCUT2D eigenvalue weighted by atomic mass is 9.87. The van der Waals surface area contributed by atoms with Gasteiger partial charge in [0.2, 0.25) is 0 Å². The fourth-order valence-electron chi connectivity index (χ4n) is 3.87. The number of likely N-dealkylation sites (tertiary alicyclic amines) is 1. The molecule has 2 unspecified atom stereocenters. The van der Waals surface area contributed by atoms with Gasteiger partial charge in [-0.2, -0.15) is 0 Å². The lowest BCUT2D eigenvalue weighted by Gasteiger charge is -2.26. The zero-order valence-electron chi connectivity index (χ0n) is 16.5. The summed E-state index contributed by atoms with van der Waals surface area (Å²) in [6, 6.07) is 10.7. The van der Waals surface area contributed by atoms with Crippen LogP contribution in [0.2, 0.25) is 0 Å². The smallest absolute Gasteiger partial charge is 0.194 e. The van der Waals surface area contributed by atoms with Gasteiger partial charge in [0.25, 0.3) is 0 Å². The predicted molar refractivity (Wildman–Crippen MR) is 109 cm³/mol. The van der Waals surface area contributed by atoms with E-state index in [2.05, 4.69) is 60.6 Å². The van der Waals surface area contributed by atoms with Crippen molar-refractivity contribution in [1.29, 1.82) is 0 Å². The van der Waals surface area contributed by atoms with Crippen molar-refractivity contribution in [3.63, 3.8) is 0 Å². The Hall–Kier alpha value is -1.75. The third-order valence-corrected chi connectivity index (χ3v) is 5.63. The van der Waals surface area contributed by atoms with Gasteiger partial charge in [0, 0.05) is 43.4 Å². The summed E-state index contributed by atoms with van der Waals surface area (Å²) in [5, 5.41) is 7.14. The zero-order chi connectivity index (χ0) is 18.4. The number of para-hydroxylation sites is 1. The summed E-state index contributed by atoms with van der Waals surface area (Å²) >= 11 is 0.